The lowest BCUT2D eigenvalue weighted by Gasteiger charge is -2.02. The Balaban J connectivity index is 1.37. The highest BCUT2D eigenvalue weighted by atomic mass is 32.1. The lowest BCUT2D eigenvalue weighted by molar-refractivity contribution is -0.384. The van der Waals surface area contributed by atoms with Gasteiger partial charge in [0, 0.05) is 17.5 Å². The number of hydrogen-bond donors (Lipinski definition) is 1. The number of carbonyl (C=O) groups is 1. The van der Waals surface area contributed by atoms with Crippen molar-refractivity contribution in [2.45, 2.75) is 6.61 Å². The highest BCUT2D eigenvalue weighted by molar-refractivity contribution is 7.15. The molecule has 9 nitrogen and oxygen atoms in total. The second-order valence-corrected chi connectivity index (χ2v) is 6.71. The molecule has 0 radical (unpaired) electrons. The zero-order chi connectivity index (χ0) is 19.5. The van der Waals surface area contributed by atoms with Crippen LogP contribution >= 0.6 is 11.3 Å². The molecule has 4 aromatic rings. The number of furan rings is 1. The number of rotatable bonds is 6. The Kier molecular flexibility index (Phi) is 4.68. The fraction of sp³-hybridized carbons (Fsp3) is 0.0556. The first kappa shape index (κ1) is 17.6. The standard InChI is InChI=1S/C18H12N4O5S/c23-17(15-9-11-3-1-2-4-14(11)27-15)19-18-21-20-16(28-18)10-26-13-7-5-12(6-8-13)22(24)25/h1-9H,10H2,(H,19,21,23). The molecule has 0 atom stereocenters. The van der Waals surface area contributed by atoms with Gasteiger partial charge in [0.05, 0.1) is 4.92 Å². The van der Waals surface area contributed by atoms with E-state index in [0.717, 1.165) is 16.7 Å². The topological polar surface area (TPSA) is 120 Å². The number of hydrogen-bond acceptors (Lipinski definition) is 8. The summed E-state index contributed by atoms with van der Waals surface area (Å²) in [5.74, 6) is 0.226. The molecule has 1 amide bonds. The molecule has 10 heteroatoms. The Morgan fingerprint density at radius 3 is 2.71 bits per heavy atom. The number of para-hydroxylation sites is 1. The maximum atomic E-state index is 12.3. The van der Waals surface area contributed by atoms with Crippen molar-refractivity contribution in [3.8, 4) is 5.75 Å². The minimum atomic E-state index is -0.481. The van der Waals surface area contributed by atoms with Crippen molar-refractivity contribution in [3.63, 3.8) is 0 Å². The van der Waals surface area contributed by atoms with Crippen molar-refractivity contribution in [1.29, 1.82) is 0 Å². The lowest BCUT2D eigenvalue weighted by Crippen LogP contribution is -2.10. The Hall–Kier alpha value is -3.79. The van der Waals surface area contributed by atoms with Gasteiger partial charge < -0.3 is 9.15 Å². The molecule has 4 rings (SSSR count). The summed E-state index contributed by atoms with van der Waals surface area (Å²) in [6.45, 7) is 0.121. The molecule has 0 spiro atoms. The predicted octanol–water partition coefficient (Wildman–Crippen LogP) is 4.02. The van der Waals surface area contributed by atoms with Gasteiger partial charge in [0.1, 0.15) is 17.9 Å². The summed E-state index contributed by atoms with van der Waals surface area (Å²) in [5.41, 5.74) is 0.612. The Morgan fingerprint density at radius 2 is 1.96 bits per heavy atom. The molecular weight excluding hydrogens is 384 g/mol. The second-order valence-electron chi connectivity index (χ2n) is 5.64. The van der Waals surface area contributed by atoms with Crippen LogP contribution < -0.4 is 10.1 Å². The third-order valence-electron chi connectivity index (χ3n) is 3.75. The van der Waals surface area contributed by atoms with Crippen LogP contribution in [0.25, 0.3) is 11.0 Å². The molecule has 0 fully saturated rings. The Labute approximate surface area is 161 Å². The molecular formula is C18H12N4O5S. The third-order valence-corrected chi connectivity index (χ3v) is 4.56. The number of fused-ring (bicyclic) bond motifs is 1. The van der Waals surface area contributed by atoms with E-state index in [-0.39, 0.29) is 18.1 Å². The molecule has 2 aromatic heterocycles. The number of nitro benzene ring substituents is 1. The maximum Gasteiger partial charge on any atom is 0.293 e. The summed E-state index contributed by atoms with van der Waals surface area (Å²) < 4.78 is 11.0. The van der Waals surface area contributed by atoms with E-state index in [0.29, 0.717) is 21.5 Å². The predicted molar refractivity (Wildman–Crippen MR) is 102 cm³/mol. The van der Waals surface area contributed by atoms with Crippen molar-refractivity contribution in [1.82, 2.24) is 10.2 Å². The van der Waals surface area contributed by atoms with Gasteiger partial charge in [0.25, 0.3) is 11.6 Å². The fourth-order valence-corrected chi connectivity index (χ4v) is 3.07. The Bertz CT molecular complexity index is 1120. The molecule has 2 heterocycles. The summed E-state index contributed by atoms with van der Waals surface area (Å²) in [5, 5.41) is 22.8. The highest BCUT2D eigenvalue weighted by Crippen LogP contribution is 2.23. The van der Waals surface area contributed by atoms with Crippen molar-refractivity contribution < 1.29 is 18.9 Å². The number of amides is 1. The second kappa shape index (κ2) is 7.45. The van der Waals surface area contributed by atoms with Gasteiger partial charge in [-0.25, -0.2) is 0 Å². The smallest absolute Gasteiger partial charge is 0.293 e. The fourth-order valence-electron chi connectivity index (χ4n) is 2.42. The van der Waals surface area contributed by atoms with Gasteiger partial charge >= 0.3 is 0 Å². The number of aromatic nitrogens is 2. The van der Waals surface area contributed by atoms with Crippen LogP contribution in [0.1, 0.15) is 15.6 Å². The first-order chi connectivity index (χ1) is 13.6. The molecule has 0 aliphatic rings. The molecule has 0 saturated heterocycles. The minimum Gasteiger partial charge on any atom is -0.486 e. The summed E-state index contributed by atoms with van der Waals surface area (Å²) in [4.78, 5) is 22.5. The Morgan fingerprint density at radius 1 is 1.18 bits per heavy atom. The highest BCUT2D eigenvalue weighted by Gasteiger charge is 2.15. The summed E-state index contributed by atoms with van der Waals surface area (Å²) in [6.07, 6.45) is 0. The van der Waals surface area contributed by atoms with Gasteiger partial charge in [0.2, 0.25) is 5.13 Å². The van der Waals surface area contributed by atoms with E-state index in [4.69, 9.17) is 9.15 Å². The number of nitrogens with zero attached hydrogens (tertiary/aromatic N) is 3. The van der Waals surface area contributed by atoms with E-state index >= 15 is 0 Å². The molecule has 0 bridgehead atoms. The monoisotopic (exact) mass is 396 g/mol. The summed E-state index contributed by atoms with van der Waals surface area (Å²) in [6, 6.07) is 14.7. The molecule has 0 aliphatic carbocycles. The quantitative estimate of drug-likeness (QED) is 0.386. The molecule has 2 aromatic carbocycles. The summed E-state index contributed by atoms with van der Waals surface area (Å²) >= 11 is 1.16. The first-order valence-corrected chi connectivity index (χ1v) is 8.90. The van der Waals surface area contributed by atoms with Crippen LogP contribution in [0, 0.1) is 10.1 Å². The SMILES string of the molecule is O=C(Nc1nnc(COc2ccc([N+](=O)[O-])cc2)s1)c1cc2ccccc2o1. The van der Waals surface area contributed by atoms with Gasteiger partial charge in [-0.15, -0.1) is 10.2 Å². The van der Waals surface area contributed by atoms with Crippen LogP contribution in [0.2, 0.25) is 0 Å². The first-order valence-electron chi connectivity index (χ1n) is 8.08. The number of carbonyl (C=O) groups excluding carboxylic acids is 1. The lowest BCUT2D eigenvalue weighted by atomic mass is 10.2. The van der Waals surface area contributed by atoms with Gasteiger partial charge in [0.15, 0.2) is 10.8 Å². The maximum absolute atomic E-state index is 12.3. The van der Waals surface area contributed by atoms with Crippen LogP contribution in [0.15, 0.2) is 59.0 Å². The third kappa shape index (κ3) is 3.81. The molecule has 140 valence electrons. The zero-order valence-corrected chi connectivity index (χ0v) is 15.0. The van der Waals surface area contributed by atoms with E-state index in [1.807, 2.05) is 18.2 Å². The minimum absolute atomic E-state index is 0.0150. The van der Waals surface area contributed by atoms with Crippen molar-refractivity contribution in [2.24, 2.45) is 0 Å². The van der Waals surface area contributed by atoms with Crippen LogP contribution in [0.3, 0.4) is 0 Å². The normalized spacial score (nSPS) is 10.7. The van der Waals surface area contributed by atoms with Gasteiger partial charge in [-0.1, -0.05) is 29.5 Å². The molecule has 28 heavy (non-hydrogen) atoms. The van der Waals surface area contributed by atoms with E-state index in [2.05, 4.69) is 15.5 Å². The molecule has 1 N–H and O–H groups in total. The largest absolute Gasteiger partial charge is 0.486 e. The summed E-state index contributed by atoms with van der Waals surface area (Å²) in [7, 11) is 0. The molecule has 0 aliphatic heterocycles. The average molecular weight is 396 g/mol. The zero-order valence-electron chi connectivity index (χ0n) is 14.2. The van der Waals surface area contributed by atoms with Crippen LogP contribution in [0.5, 0.6) is 5.75 Å². The molecule has 0 unspecified atom stereocenters. The molecule has 0 saturated carbocycles. The van der Waals surface area contributed by atoms with E-state index in [9.17, 15) is 14.9 Å². The number of ether oxygens (including phenoxy) is 1. The van der Waals surface area contributed by atoms with Gasteiger partial charge in [-0.3, -0.25) is 20.2 Å². The number of non-ortho nitro benzene ring substituents is 1. The number of nitro groups is 1. The van der Waals surface area contributed by atoms with Gasteiger partial charge in [-0.2, -0.15) is 0 Å². The van der Waals surface area contributed by atoms with Crippen molar-refractivity contribution in [2.75, 3.05) is 5.32 Å². The van der Waals surface area contributed by atoms with Gasteiger partial charge in [-0.05, 0) is 24.3 Å². The number of benzene rings is 2. The van der Waals surface area contributed by atoms with Crippen LogP contribution in [-0.4, -0.2) is 21.0 Å². The number of anilines is 1. The van der Waals surface area contributed by atoms with E-state index in [1.54, 1.807) is 12.1 Å². The van der Waals surface area contributed by atoms with Crippen LogP contribution in [-0.2, 0) is 6.61 Å². The number of nitrogens with one attached hydrogen (secondary N) is 1. The average Bonchev–Trinajstić information content (AvgIpc) is 3.33. The van der Waals surface area contributed by atoms with E-state index < -0.39 is 10.8 Å². The van der Waals surface area contributed by atoms with Crippen LogP contribution in [0.4, 0.5) is 10.8 Å². The van der Waals surface area contributed by atoms with Crippen molar-refractivity contribution >= 4 is 39.0 Å². The van der Waals surface area contributed by atoms with Crippen molar-refractivity contribution in [3.05, 3.63) is 75.5 Å². The van der Waals surface area contributed by atoms with E-state index in [1.165, 1.54) is 24.3 Å².